The van der Waals surface area contributed by atoms with Gasteiger partial charge in [0.1, 0.15) is 0 Å². The fraction of sp³-hybridized carbons (Fsp3) is 0.846. The van der Waals surface area contributed by atoms with E-state index in [1.165, 1.54) is 0 Å². The van der Waals surface area contributed by atoms with Crippen molar-refractivity contribution >= 4 is 43.8 Å². The van der Waals surface area contributed by atoms with Gasteiger partial charge in [-0.25, -0.2) is 0 Å². The lowest BCUT2D eigenvalue weighted by Gasteiger charge is -1.98. The van der Waals surface area contributed by atoms with Gasteiger partial charge in [-0.3, -0.25) is 9.59 Å². The highest BCUT2D eigenvalue weighted by Gasteiger charge is 1.99. The van der Waals surface area contributed by atoms with Crippen LogP contribution in [0.1, 0.15) is 46.0 Å². The average molecular weight is 404 g/mol. The summed E-state index contributed by atoms with van der Waals surface area (Å²) >= 11 is 6.51. The van der Waals surface area contributed by atoms with Crippen LogP contribution in [0.4, 0.5) is 0 Å². The molecule has 0 aliphatic rings. The third kappa shape index (κ3) is 20.4. The summed E-state index contributed by atoms with van der Waals surface area (Å²) in [5.41, 5.74) is 0. The minimum atomic E-state index is -0.100. The highest BCUT2D eigenvalue weighted by Crippen LogP contribution is 1.99. The zero-order valence-electron chi connectivity index (χ0n) is 11.8. The molecule has 6 heteroatoms. The Morgan fingerprint density at radius 3 is 1.58 bits per heavy atom. The summed E-state index contributed by atoms with van der Waals surface area (Å²) in [7, 11) is 0. The van der Waals surface area contributed by atoms with Crippen LogP contribution in [0.3, 0.4) is 0 Å². The Morgan fingerprint density at radius 2 is 1.21 bits per heavy atom. The van der Waals surface area contributed by atoms with Gasteiger partial charge in [0.15, 0.2) is 0 Å². The van der Waals surface area contributed by atoms with Crippen LogP contribution in [0.15, 0.2) is 0 Å². The normalized spacial score (nSPS) is 9.26. The number of esters is 2. The van der Waals surface area contributed by atoms with Crippen molar-refractivity contribution in [3.63, 3.8) is 0 Å². The van der Waals surface area contributed by atoms with Gasteiger partial charge in [-0.2, -0.15) is 0 Å². The van der Waals surface area contributed by atoms with E-state index >= 15 is 0 Å². The number of hydrogen-bond acceptors (Lipinski definition) is 4. The summed E-state index contributed by atoms with van der Waals surface area (Å²) in [5.74, 6) is -0.180. The summed E-state index contributed by atoms with van der Waals surface area (Å²) in [5, 5.41) is 1.83. The molecule has 0 aromatic carbocycles. The number of hydrogen-bond donors (Lipinski definition) is 0. The standard InChI is InChI=1S/C7H13BrO2.C6H11BrO2/c1-2-10-7(9)5-3-4-6-8;1-2-9-6(8)4-3-5-7/h2-6H2,1H3;2-5H2,1H3. The third-order valence-corrected chi connectivity index (χ3v) is 3.01. The van der Waals surface area contributed by atoms with Crippen LogP contribution >= 0.6 is 31.9 Å². The van der Waals surface area contributed by atoms with Gasteiger partial charge in [-0.1, -0.05) is 31.9 Å². The molecule has 4 nitrogen and oxygen atoms in total. The second kappa shape index (κ2) is 17.9. The van der Waals surface area contributed by atoms with Crippen LogP contribution in [0, 0.1) is 0 Å². The smallest absolute Gasteiger partial charge is 0.305 e. The molecule has 0 atom stereocenters. The lowest BCUT2D eigenvalue weighted by atomic mass is 10.2. The molecule has 0 heterocycles. The van der Waals surface area contributed by atoms with Gasteiger partial charge in [0, 0.05) is 23.5 Å². The maximum absolute atomic E-state index is 10.7. The zero-order chi connectivity index (χ0) is 14.9. The number of halogens is 2. The lowest BCUT2D eigenvalue weighted by Crippen LogP contribution is -2.03. The Labute approximate surface area is 132 Å². The number of unbranched alkanes of at least 4 members (excludes halogenated alkanes) is 1. The number of carbonyl (C=O) groups is 2. The van der Waals surface area contributed by atoms with Crippen LogP contribution in [0.2, 0.25) is 0 Å². The van der Waals surface area contributed by atoms with Gasteiger partial charge in [0.05, 0.1) is 13.2 Å². The molecule has 0 saturated carbocycles. The number of rotatable bonds is 9. The topological polar surface area (TPSA) is 52.6 Å². The number of alkyl halides is 2. The first kappa shape index (κ1) is 21.2. The minimum absolute atomic E-state index is 0.0801. The molecular weight excluding hydrogens is 380 g/mol. The molecule has 0 amide bonds. The van der Waals surface area contributed by atoms with Gasteiger partial charge in [0.2, 0.25) is 0 Å². The van der Waals surface area contributed by atoms with Crippen molar-refractivity contribution in [1.29, 1.82) is 0 Å². The second-order valence-electron chi connectivity index (χ2n) is 3.55. The summed E-state index contributed by atoms with van der Waals surface area (Å²) < 4.78 is 9.42. The lowest BCUT2D eigenvalue weighted by molar-refractivity contribution is -0.144. The molecule has 0 spiro atoms. The monoisotopic (exact) mass is 402 g/mol. The second-order valence-corrected chi connectivity index (χ2v) is 5.13. The quantitative estimate of drug-likeness (QED) is 0.333. The van der Waals surface area contributed by atoms with Crippen molar-refractivity contribution < 1.29 is 19.1 Å². The molecule has 0 saturated heterocycles. The van der Waals surface area contributed by atoms with Crippen LogP contribution in [0.5, 0.6) is 0 Å². The summed E-state index contributed by atoms with van der Waals surface area (Å²) in [6.07, 6.45) is 3.90. The molecule has 114 valence electrons. The Balaban J connectivity index is 0. The Morgan fingerprint density at radius 1 is 0.789 bits per heavy atom. The molecule has 0 radical (unpaired) electrons. The van der Waals surface area contributed by atoms with E-state index in [1.807, 2.05) is 13.8 Å². The Hall–Kier alpha value is -0.100. The largest absolute Gasteiger partial charge is 0.466 e. The van der Waals surface area contributed by atoms with Crippen molar-refractivity contribution in [3.05, 3.63) is 0 Å². The zero-order valence-corrected chi connectivity index (χ0v) is 14.9. The fourth-order valence-corrected chi connectivity index (χ4v) is 1.72. The van der Waals surface area contributed by atoms with E-state index in [0.717, 1.165) is 29.9 Å². The molecular formula is C13H24Br2O4. The first-order valence-corrected chi connectivity index (χ1v) is 8.79. The number of ether oxygens (including phenoxy) is 2. The predicted octanol–water partition coefficient (Wildman–Crippen LogP) is 3.84. The summed E-state index contributed by atoms with van der Waals surface area (Å²) in [6, 6.07) is 0. The van der Waals surface area contributed by atoms with Gasteiger partial charge in [-0.05, 0) is 33.1 Å². The van der Waals surface area contributed by atoms with Crippen molar-refractivity contribution in [2.45, 2.75) is 46.0 Å². The fourth-order valence-electron chi connectivity index (χ4n) is 1.04. The van der Waals surface area contributed by atoms with Crippen molar-refractivity contribution in [1.82, 2.24) is 0 Å². The van der Waals surface area contributed by atoms with Crippen molar-refractivity contribution in [2.24, 2.45) is 0 Å². The van der Waals surface area contributed by atoms with Gasteiger partial charge < -0.3 is 9.47 Å². The minimum Gasteiger partial charge on any atom is -0.466 e. The predicted molar refractivity (Wildman–Crippen MR) is 83.9 cm³/mol. The maximum atomic E-state index is 10.7. The molecule has 0 aliphatic heterocycles. The maximum Gasteiger partial charge on any atom is 0.305 e. The van der Waals surface area contributed by atoms with E-state index in [0.29, 0.717) is 26.1 Å². The first-order valence-electron chi connectivity index (χ1n) is 6.55. The highest BCUT2D eigenvalue weighted by atomic mass is 79.9. The molecule has 19 heavy (non-hydrogen) atoms. The van der Waals surface area contributed by atoms with Gasteiger partial charge in [-0.15, -0.1) is 0 Å². The molecule has 0 aromatic heterocycles. The van der Waals surface area contributed by atoms with E-state index in [-0.39, 0.29) is 11.9 Å². The van der Waals surface area contributed by atoms with Crippen molar-refractivity contribution in [3.8, 4) is 0 Å². The van der Waals surface area contributed by atoms with Gasteiger partial charge >= 0.3 is 11.9 Å². The van der Waals surface area contributed by atoms with Crippen LogP contribution in [0.25, 0.3) is 0 Å². The number of carbonyl (C=O) groups excluding carboxylic acids is 2. The SMILES string of the molecule is CCOC(=O)CCCBr.CCOC(=O)CCCCBr. The van der Waals surface area contributed by atoms with E-state index in [1.54, 1.807) is 0 Å². The Kier molecular flexibility index (Phi) is 20.0. The molecule has 0 aromatic rings. The first-order chi connectivity index (χ1) is 9.12. The summed E-state index contributed by atoms with van der Waals surface area (Å²) in [6.45, 7) is 4.61. The molecule has 0 aliphatic carbocycles. The van der Waals surface area contributed by atoms with E-state index in [9.17, 15) is 9.59 Å². The van der Waals surface area contributed by atoms with Gasteiger partial charge in [0.25, 0.3) is 0 Å². The van der Waals surface area contributed by atoms with Crippen molar-refractivity contribution in [2.75, 3.05) is 23.9 Å². The molecule has 0 unspecified atom stereocenters. The third-order valence-electron chi connectivity index (χ3n) is 1.89. The molecule has 0 rings (SSSR count). The molecule has 0 fully saturated rings. The van der Waals surface area contributed by atoms with E-state index in [2.05, 4.69) is 36.6 Å². The molecule has 0 bridgehead atoms. The Bertz CT molecular complexity index is 223. The van der Waals surface area contributed by atoms with Crippen LogP contribution in [-0.4, -0.2) is 35.8 Å². The van der Waals surface area contributed by atoms with E-state index in [4.69, 9.17) is 4.74 Å². The molecule has 0 N–H and O–H groups in total. The highest BCUT2D eigenvalue weighted by molar-refractivity contribution is 9.09. The van der Waals surface area contributed by atoms with Crippen LogP contribution in [-0.2, 0) is 19.1 Å². The van der Waals surface area contributed by atoms with Crippen LogP contribution < -0.4 is 0 Å². The summed E-state index contributed by atoms with van der Waals surface area (Å²) in [4.78, 5) is 21.2. The van der Waals surface area contributed by atoms with E-state index < -0.39 is 0 Å². The average Bonchev–Trinajstić information content (AvgIpc) is 2.38.